The number of halogens is 2. The summed E-state index contributed by atoms with van der Waals surface area (Å²) in [6.45, 7) is 5.44. The molecule has 78 valence electrons. The van der Waals surface area contributed by atoms with Gasteiger partial charge in [0, 0.05) is 16.5 Å². The molecule has 2 heterocycles. The van der Waals surface area contributed by atoms with Crippen LogP contribution in [0.5, 0.6) is 0 Å². The second kappa shape index (κ2) is 4.06. The summed E-state index contributed by atoms with van der Waals surface area (Å²) in [5, 5.41) is 0.715. The highest BCUT2D eigenvalue weighted by atomic mass is 127. The quantitative estimate of drug-likeness (QED) is 0.536. The number of rotatable bonds is 1. The minimum atomic E-state index is 0.210. The molecular weight excluding hydrogens is 312 g/mol. The summed E-state index contributed by atoms with van der Waals surface area (Å²) in [6, 6.07) is 0.516. The van der Waals surface area contributed by atoms with Gasteiger partial charge in [-0.05, 0) is 13.8 Å². The number of hydrogen-bond acceptors (Lipinski definition) is 3. The monoisotopic (exact) mass is 325 g/mol. The summed E-state index contributed by atoms with van der Waals surface area (Å²) in [7, 11) is 0. The lowest BCUT2D eigenvalue weighted by atomic mass is 10.1. The predicted octanol–water partition coefficient (Wildman–Crippen LogP) is 2.14. The standard InChI is InChI=1S/C9H13ClIN3/c1-5(2)14-3-6(11)7-8(10)12-4-13-9(7)14/h4-7,9H,3H2,1-2H3. The highest BCUT2D eigenvalue weighted by molar-refractivity contribution is 14.1. The maximum atomic E-state index is 6.11. The van der Waals surface area contributed by atoms with E-state index in [1.165, 1.54) is 0 Å². The maximum Gasteiger partial charge on any atom is 0.115 e. The molecule has 0 saturated carbocycles. The van der Waals surface area contributed by atoms with Crippen LogP contribution in [-0.2, 0) is 0 Å². The van der Waals surface area contributed by atoms with Gasteiger partial charge in [-0.2, -0.15) is 0 Å². The van der Waals surface area contributed by atoms with Crippen molar-refractivity contribution in [3.05, 3.63) is 0 Å². The third kappa shape index (κ3) is 1.72. The van der Waals surface area contributed by atoms with E-state index in [0.717, 1.165) is 6.54 Å². The SMILES string of the molecule is CC(C)N1CC(I)C2C(Cl)=NC=NC21. The van der Waals surface area contributed by atoms with Gasteiger partial charge in [-0.25, -0.2) is 4.99 Å². The molecule has 3 unspecified atom stereocenters. The molecule has 0 aromatic heterocycles. The van der Waals surface area contributed by atoms with Gasteiger partial charge >= 0.3 is 0 Å². The van der Waals surface area contributed by atoms with Crippen LogP contribution in [0.25, 0.3) is 0 Å². The van der Waals surface area contributed by atoms with Crippen LogP contribution in [0.3, 0.4) is 0 Å². The summed E-state index contributed by atoms with van der Waals surface area (Å²) in [5.74, 6) is 0.296. The van der Waals surface area contributed by atoms with E-state index in [1.54, 1.807) is 6.34 Å². The molecule has 2 aliphatic heterocycles. The van der Waals surface area contributed by atoms with Gasteiger partial charge < -0.3 is 0 Å². The first-order chi connectivity index (χ1) is 6.61. The zero-order chi connectivity index (χ0) is 10.3. The number of aliphatic imine (C=N–C) groups is 2. The highest BCUT2D eigenvalue weighted by Crippen LogP contribution is 2.35. The second-order valence-corrected chi connectivity index (χ2v) is 5.95. The lowest BCUT2D eigenvalue weighted by molar-refractivity contribution is 0.201. The maximum absolute atomic E-state index is 6.11. The second-order valence-electron chi connectivity index (χ2n) is 3.96. The minimum absolute atomic E-state index is 0.210. The van der Waals surface area contributed by atoms with E-state index in [1.807, 2.05) is 0 Å². The van der Waals surface area contributed by atoms with Crippen molar-refractivity contribution in [2.45, 2.75) is 30.0 Å². The van der Waals surface area contributed by atoms with Gasteiger partial charge in [0.2, 0.25) is 0 Å². The van der Waals surface area contributed by atoms with Gasteiger partial charge in [0.25, 0.3) is 0 Å². The number of fused-ring (bicyclic) bond motifs is 1. The molecule has 1 saturated heterocycles. The number of alkyl halides is 1. The molecule has 0 aliphatic carbocycles. The Bertz CT molecular complexity index is 290. The lowest BCUT2D eigenvalue weighted by Gasteiger charge is -2.28. The Labute approximate surface area is 103 Å². The summed E-state index contributed by atoms with van der Waals surface area (Å²) in [5.41, 5.74) is 0. The number of nitrogens with zero attached hydrogens (tertiary/aromatic N) is 3. The molecule has 0 bridgehead atoms. The van der Waals surface area contributed by atoms with Crippen LogP contribution in [0.4, 0.5) is 0 Å². The van der Waals surface area contributed by atoms with Crippen molar-refractivity contribution >= 4 is 45.7 Å². The Morgan fingerprint density at radius 3 is 3.00 bits per heavy atom. The van der Waals surface area contributed by atoms with Crippen LogP contribution in [0.2, 0.25) is 0 Å². The van der Waals surface area contributed by atoms with Gasteiger partial charge in [-0.3, -0.25) is 9.89 Å². The molecule has 0 spiro atoms. The Morgan fingerprint density at radius 2 is 2.36 bits per heavy atom. The fourth-order valence-electron chi connectivity index (χ4n) is 2.03. The third-order valence-corrected chi connectivity index (χ3v) is 4.29. The molecule has 2 aliphatic rings. The van der Waals surface area contributed by atoms with Gasteiger partial charge in [0.15, 0.2) is 0 Å². The molecule has 1 fully saturated rings. The fourth-order valence-corrected chi connectivity index (χ4v) is 3.71. The van der Waals surface area contributed by atoms with Crippen molar-refractivity contribution in [2.75, 3.05) is 6.54 Å². The van der Waals surface area contributed by atoms with Crippen LogP contribution < -0.4 is 0 Å². The van der Waals surface area contributed by atoms with Crippen LogP contribution in [0, 0.1) is 5.92 Å². The third-order valence-electron chi connectivity index (χ3n) is 2.77. The molecule has 0 aromatic rings. The average Bonchev–Trinajstić information content (AvgIpc) is 2.45. The zero-order valence-corrected chi connectivity index (χ0v) is 11.1. The predicted molar refractivity (Wildman–Crippen MR) is 68.7 cm³/mol. The van der Waals surface area contributed by atoms with Crippen LogP contribution in [0.1, 0.15) is 13.8 Å². The van der Waals surface area contributed by atoms with Crippen molar-refractivity contribution in [3.8, 4) is 0 Å². The number of likely N-dealkylation sites (tertiary alicyclic amines) is 1. The smallest absolute Gasteiger partial charge is 0.115 e. The van der Waals surface area contributed by atoms with Crippen molar-refractivity contribution < 1.29 is 0 Å². The first-order valence-electron chi connectivity index (χ1n) is 4.76. The summed E-state index contributed by atoms with van der Waals surface area (Å²) >= 11 is 8.56. The summed E-state index contributed by atoms with van der Waals surface area (Å²) in [6.07, 6.45) is 1.80. The molecule has 3 nitrogen and oxygen atoms in total. The van der Waals surface area contributed by atoms with Crippen molar-refractivity contribution in [1.29, 1.82) is 0 Å². The van der Waals surface area contributed by atoms with E-state index in [9.17, 15) is 0 Å². The fraction of sp³-hybridized carbons (Fsp3) is 0.778. The lowest BCUT2D eigenvalue weighted by Crippen LogP contribution is -2.39. The molecule has 3 atom stereocenters. The van der Waals surface area contributed by atoms with Crippen LogP contribution in [-0.4, -0.2) is 39.1 Å². The van der Waals surface area contributed by atoms with E-state index in [4.69, 9.17) is 11.6 Å². The van der Waals surface area contributed by atoms with Gasteiger partial charge in [-0.15, -0.1) is 0 Å². The first-order valence-corrected chi connectivity index (χ1v) is 6.38. The van der Waals surface area contributed by atoms with E-state index in [0.29, 0.717) is 21.1 Å². The van der Waals surface area contributed by atoms with E-state index < -0.39 is 0 Å². The molecule has 0 radical (unpaired) electrons. The molecule has 0 N–H and O–H groups in total. The Kier molecular flexibility index (Phi) is 3.14. The van der Waals surface area contributed by atoms with Crippen molar-refractivity contribution in [2.24, 2.45) is 15.9 Å². The highest BCUT2D eigenvalue weighted by Gasteiger charge is 2.44. The molecular formula is C9H13ClIN3. The molecule has 5 heteroatoms. The Hall–Kier alpha value is 0.320. The summed E-state index contributed by atoms with van der Waals surface area (Å²) in [4.78, 5) is 10.9. The van der Waals surface area contributed by atoms with Gasteiger partial charge in [0.1, 0.15) is 17.7 Å². The van der Waals surface area contributed by atoms with E-state index in [2.05, 4.69) is 51.3 Å². The first kappa shape index (κ1) is 10.8. The summed E-state index contributed by atoms with van der Waals surface area (Å²) < 4.78 is 0.522. The molecule has 14 heavy (non-hydrogen) atoms. The molecule has 2 rings (SSSR count). The zero-order valence-electron chi connectivity index (χ0n) is 8.19. The molecule has 0 amide bonds. The van der Waals surface area contributed by atoms with Crippen LogP contribution in [0.15, 0.2) is 9.98 Å². The van der Waals surface area contributed by atoms with E-state index >= 15 is 0 Å². The number of hydrogen-bond donors (Lipinski definition) is 0. The van der Waals surface area contributed by atoms with Crippen LogP contribution >= 0.6 is 34.2 Å². The Morgan fingerprint density at radius 1 is 1.64 bits per heavy atom. The Balaban J connectivity index is 2.25. The van der Waals surface area contributed by atoms with Crippen molar-refractivity contribution in [3.63, 3.8) is 0 Å². The largest absolute Gasteiger partial charge is 0.278 e. The van der Waals surface area contributed by atoms with Crippen molar-refractivity contribution in [1.82, 2.24) is 4.90 Å². The average molecular weight is 326 g/mol. The van der Waals surface area contributed by atoms with E-state index in [-0.39, 0.29) is 6.17 Å². The molecule has 0 aromatic carbocycles. The minimum Gasteiger partial charge on any atom is -0.278 e. The van der Waals surface area contributed by atoms with Gasteiger partial charge in [0.05, 0.1) is 5.92 Å². The normalized spacial score (nSPS) is 37.5. The topological polar surface area (TPSA) is 28.0 Å². The van der Waals surface area contributed by atoms with Gasteiger partial charge in [-0.1, -0.05) is 34.2 Å².